The summed E-state index contributed by atoms with van der Waals surface area (Å²) in [5.41, 5.74) is 1.51. The highest BCUT2D eigenvalue weighted by Crippen LogP contribution is 2.29. The molecule has 0 radical (unpaired) electrons. The van der Waals surface area contributed by atoms with Crippen LogP contribution in [-0.2, 0) is 5.75 Å². The van der Waals surface area contributed by atoms with Gasteiger partial charge in [-0.05, 0) is 24.6 Å². The number of aromatic hydroxyl groups is 1. The molecule has 3 nitrogen and oxygen atoms in total. The van der Waals surface area contributed by atoms with Crippen molar-refractivity contribution in [3.05, 3.63) is 57.0 Å². The molecule has 0 aliphatic carbocycles. The number of nitrogens with one attached hydrogen (secondary N) is 1. The van der Waals surface area contributed by atoms with Gasteiger partial charge in [-0.2, -0.15) is 0 Å². The number of benzene rings is 1. The molecule has 1 aromatic heterocycles. The summed E-state index contributed by atoms with van der Waals surface area (Å²) in [5, 5.41) is 9.84. The molecule has 1 aromatic carbocycles. The summed E-state index contributed by atoms with van der Waals surface area (Å²) in [5.74, 6) is 0.330. The second-order valence-corrected chi connectivity index (χ2v) is 5.35. The first kappa shape index (κ1) is 13.1. The minimum absolute atomic E-state index is 0.266. The van der Waals surface area contributed by atoms with E-state index >= 15 is 0 Å². The monoisotopic (exact) mass is 281 g/mol. The molecular weight excluding hydrogens is 270 g/mol. The smallest absolute Gasteiger partial charge is 0.223 e. The second kappa shape index (κ2) is 5.50. The van der Waals surface area contributed by atoms with Crippen molar-refractivity contribution >= 4 is 23.4 Å². The first-order valence-corrected chi connectivity index (χ1v) is 6.72. The highest BCUT2D eigenvalue weighted by molar-refractivity contribution is 7.98. The molecule has 5 heteroatoms. The van der Waals surface area contributed by atoms with Crippen molar-refractivity contribution in [1.29, 1.82) is 0 Å². The Labute approximate surface area is 114 Å². The molecule has 0 bridgehead atoms. The van der Waals surface area contributed by atoms with Crippen LogP contribution in [0.15, 0.2) is 40.2 Å². The maximum atomic E-state index is 11.3. The van der Waals surface area contributed by atoms with Crippen LogP contribution in [0.1, 0.15) is 11.3 Å². The molecule has 0 aliphatic rings. The van der Waals surface area contributed by atoms with Gasteiger partial charge < -0.3 is 10.1 Å². The van der Waals surface area contributed by atoms with Gasteiger partial charge in [0.25, 0.3) is 0 Å². The first-order valence-electron chi connectivity index (χ1n) is 5.36. The molecule has 0 saturated carbocycles. The van der Waals surface area contributed by atoms with Crippen LogP contribution in [-0.4, -0.2) is 10.1 Å². The van der Waals surface area contributed by atoms with Gasteiger partial charge in [0.1, 0.15) is 0 Å². The second-order valence-electron chi connectivity index (χ2n) is 3.93. The van der Waals surface area contributed by atoms with Gasteiger partial charge in [0.15, 0.2) is 5.75 Å². The zero-order chi connectivity index (χ0) is 13.1. The Morgan fingerprint density at radius 2 is 2.17 bits per heavy atom. The van der Waals surface area contributed by atoms with E-state index in [9.17, 15) is 4.79 Å². The van der Waals surface area contributed by atoms with Gasteiger partial charge in [-0.3, -0.25) is 4.79 Å². The molecule has 0 amide bonds. The molecular formula is C13H12ClNO2S. The molecule has 2 rings (SSSR count). The van der Waals surface area contributed by atoms with Crippen LogP contribution in [0.25, 0.3) is 0 Å². The Kier molecular flexibility index (Phi) is 3.99. The number of aromatic nitrogens is 1. The summed E-state index contributed by atoms with van der Waals surface area (Å²) < 4.78 is 0. The number of aryl methyl sites for hydroxylation is 1. The molecule has 0 atom stereocenters. The zero-order valence-corrected chi connectivity index (χ0v) is 11.3. The summed E-state index contributed by atoms with van der Waals surface area (Å²) >= 11 is 7.63. The van der Waals surface area contributed by atoms with Crippen LogP contribution >= 0.6 is 23.4 Å². The fourth-order valence-corrected chi connectivity index (χ4v) is 2.70. The van der Waals surface area contributed by atoms with Crippen LogP contribution in [0, 0.1) is 6.92 Å². The van der Waals surface area contributed by atoms with Crippen molar-refractivity contribution < 1.29 is 5.11 Å². The molecule has 2 N–H and O–H groups in total. The van der Waals surface area contributed by atoms with E-state index in [1.54, 1.807) is 11.8 Å². The predicted molar refractivity (Wildman–Crippen MR) is 74.5 cm³/mol. The van der Waals surface area contributed by atoms with E-state index in [2.05, 4.69) is 4.98 Å². The summed E-state index contributed by atoms with van der Waals surface area (Å²) in [6.45, 7) is 2.00. The van der Waals surface area contributed by atoms with Gasteiger partial charge in [-0.1, -0.05) is 17.7 Å². The van der Waals surface area contributed by atoms with E-state index in [-0.39, 0.29) is 11.2 Å². The van der Waals surface area contributed by atoms with E-state index in [0.717, 1.165) is 16.2 Å². The molecule has 0 fully saturated rings. The fraction of sp³-hybridized carbons (Fsp3) is 0.154. The van der Waals surface area contributed by atoms with Gasteiger partial charge in [-0.15, -0.1) is 11.8 Å². The highest BCUT2D eigenvalue weighted by atomic mass is 35.5. The number of thioether (sulfide) groups is 1. The average Bonchev–Trinajstić information content (AvgIpc) is 2.34. The lowest BCUT2D eigenvalue weighted by atomic mass is 10.2. The van der Waals surface area contributed by atoms with Gasteiger partial charge >= 0.3 is 0 Å². The van der Waals surface area contributed by atoms with E-state index in [0.29, 0.717) is 10.8 Å². The molecule has 0 unspecified atom stereocenters. The van der Waals surface area contributed by atoms with E-state index in [4.69, 9.17) is 16.7 Å². The van der Waals surface area contributed by atoms with Crippen LogP contribution in [0.4, 0.5) is 0 Å². The maximum Gasteiger partial charge on any atom is 0.223 e. The van der Waals surface area contributed by atoms with Gasteiger partial charge in [0.2, 0.25) is 5.43 Å². The predicted octanol–water partition coefficient (Wildman–Crippen LogP) is 3.33. The van der Waals surface area contributed by atoms with Gasteiger partial charge in [-0.25, -0.2) is 0 Å². The molecule has 2 aromatic rings. The van der Waals surface area contributed by atoms with E-state index in [1.807, 2.05) is 25.1 Å². The van der Waals surface area contributed by atoms with Crippen LogP contribution < -0.4 is 5.43 Å². The zero-order valence-electron chi connectivity index (χ0n) is 9.74. The summed E-state index contributed by atoms with van der Waals surface area (Å²) in [7, 11) is 0. The Balaban J connectivity index is 2.13. The lowest BCUT2D eigenvalue weighted by Gasteiger charge is -2.05. The molecule has 0 saturated heterocycles. The Hall–Kier alpha value is -1.39. The van der Waals surface area contributed by atoms with Crippen molar-refractivity contribution in [2.45, 2.75) is 17.6 Å². The van der Waals surface area contributed by atoms with Crippen molar-refractivity contribution in [1.82, 2.24) is 4.98 Å². The van der Waals surface area contributed by atoms with Crippen LogP contribution in [0.5, 0.6) is 5.75 Å². The van der Waals surface area contributed by atoms with Crippen molar-refractivity contribution in [2.24, 2.45) is 0 Å². The third-order valence-electron chi connectivity index (χ3n) is 2.42. The lowest BCUT2D eigenvalue weighted by Crippen LogP contribution is -2.01. The number of rotatable bonds is 3. The van der Waals surface area contributed by atoms with Crippen molar-refractivity contribution in [3.8, 4) is 5.75 Å². The lowest BCUT2D eigenvalue weighted by molar-refractivity contribution is 0.467. The number of aromatic amines is 1. The molecule has 0 spiro atoms. The number of H-pyrrole nitrogens is 1. The van der Waals surface area contributed by atoms with E-state index in [1.165, 1.54) is 12.3 Å². The number of hydrogen-bond donors (Lipinski definition) is 2. The third kappa shape index (κ3) is 3.09. The van der Waals surface area contributed by atoms with Crippen molar-refractivity contribution in [2.75, 3.05) is 0 Å². The number of pyridine rings is 1. The topological polar surface area (TPSA) is 53.1 Å². The first-order chi connectivity index (χ1) is 8.56. The highest BCUT2D eigenvalue weighted by Gasteiger charge is 2.04. The molecule has 0 aliphatic heterocycles. The maximum absolute atomic E-state index is 11.3. The van der Waals surface area contributed by atoms with Gasteiger partial charge in [0.05, 0.1) is 5.02 Å². The standard InChI is InChI=1S/C13H12ClNO2S/c1-8-2-3-10(14)13(4-8)18-7-9-5-11(16)12(17)6-15-9/h2-6,17H,7H2,1H3,(H,15,16). The largest absolute Gasteiger partial charge is 0.503 e. The SMILES string of the molecule is Cc1ccc(Cl)c(SCc2cc(=O)c(O)c[nH]2)c1. The summed E-state index contributed by atoms with van der Waals surface area (Å²) in [6, 6.07) is 7.21. The van der Waals surface area contributed by atoms with Crippen LogP contribution in [0.3, 0.4) is 0 Å². The Morgan fingerprint density at radius 1 is 1.39 bits per heavy atom. The quantitative estimate of drug-likeness (QED) is 0.849. The van der Waals surface area contributed by atoms with Crippen molar-refractivity contribution in [3.63, 3.8) is 0 Å². The van der Waals surface area contributed by atoms with E-state index < -0.39 is 0 Å². The normalized spacial score (nSPS) is 10.6. The fourth-order valence-electron chi connectivity index (χ4n) is 1.47. The number of hydrogen-bond acceptors (Lipinski definition) is 3. The third-order valence-corrected chi connectivity index (χ3v) is 3.97. The Bertz CT molecular complexity index is 625. The molecule has 18 heavy (non-hydrogen) atoms. The summed E-state index contributed by atoms with van der Waals surface area (Å²) in [4.78, 5) is 15.1. The Morgan fingerprint density at radius 3 is 2.89 bits per heavy atom. The van der Waals surface area contributed by atoms with Gasteiger partial charge in [0, 0.05) is 28.6 Å². The summed E-state index contributed by atoms with van der Waals surface area (Å²) in [6.07, 6.45) is 1.30. The van der Waals surface area contributed by atoms with Crippen LogP contribution in [0.2, 0.25) is 5.02 Å². The minimum Gasteiger partial charge on any atom is -0.503 e. The molecule has 1 heterocycles. The average molecular weight is 282 g/mol. The number of halogens is 1. The minimum atomic E-state index is -0.375. The molecule has 94 valence electrons.